The minimum Gasteiger partial charge on any atom is -0.361 e. The van der Waals surface area contributed by atoms with Gasteiger partial charge in [-0.1, -0.05) is 35.3 Å². The number of nitrogens with one attached hydrogen (secondary N) is 1. The molecule has 0 fully saturated rings. The first-order chi connectivity index (χ1) is 11.4. The average molecular weight is 370 g/mol. The molecule has 1 heterocycles. The van der Waals surface area contributed by atoms with Gasteiger partial charge < -0.3 is 9.84 Å². The molecule has 0 aliphatic heterocycles. The average Bonchev–Trinajstić information content (AvgIpc) is 2.82. The fraction of sp³-hybridized carbons (Fsp3) is 0.412. The van der Waals surface area contributed by atoms with Gasteiger partial charge in [0.1, 0.15) is 5.76 Å². The van der Waals surface area contributed by atoms with Crippen molar-refractivity contribution in [1.29, 1.82) is 0 Å². The zero-order chi connectivity index (χ0) is 17.7. The van der Waals surface area contributed by atoms with Gasteiger partial charge in [-0.15, -0.1) is 0 Å². The molecule has 1 aromatic carbocycles. The summed E-state index contributed by atoms with van der Waals surface area (Å²) in [6, 6.07) is 4.99. The Kier molecular flexibility index (Phi) is 6.66. The second-order valence-corrected chi connectivity index (χ2v) is 6.53. The summed E-state index contributed by atoms with van der Waals surface area (Å²) >= 11 is 12.0. The van der Waals surface area contributed by atoms with Crippen LogP contribution in [0.2, 0.25) is 10.0 Å². The van der Waals surface area contributed by atoms with Crippen molar-refractivity contribution in [2.45, 2.75) is 33.7 Å². The summed E-state index contributed by atoms with van der Waals surface area (Å²) in [6.45, 7) is 7.55. The number of amides is 1. The van der Waals surface area contributed by atoms with Crippen LogP contribution in [-0.4, -0.2) is 29.1 Å². The number of hydrogen-bond donors (Lipinski definition) is 1. The van der Waals surface area contributed by atoms with Crippen molar-refractivity contribution < 1.29 is 9.32 Å². The van der Waals surface area contributed by atoms with E-state index in [1.54, 1.807) is 18.2 Å². The van der Waals surface area contributed by atoms with E-state index in [2.05, 4.69) is 22.3 Å². The third-order valence-electron chi connectivity index (χ3n) is 3.68. The molecule has 0 aliphatic rings. The van der Waals surface area contributed by atoms with Gasteiger partial charge in [-0.25, -0.2) is 0 Å². The Hall–Kier alpha value is -1.56. The minimum absolute atomic E-state index is 0.126. The van der Waals surface area contributed by atoms with Gasteiger partial charge in [0.2, 0.25) is 5.91 Å². The highest BCUT2D eigenvalue weighted by Crippen LogP contribution is 2.25. The molecule has 0 saturated heterocycles. The van der Waals surface area contributed by atoms with Gasteiger partial charge in [0.25, 0.3) is 0 Å². The van der Waals surface area contributed by atoms with Crippen LogP contribution in [-0.2, 0) is 11.3 Å². The van der Waals surface area contributed by atoms with Crippen LogP contribution in [0.3, 0.4) is 0 Å². The summed E-state index contributed by atoms with van der Waals surface area (Å²) in [6.07, 6.45) is 0.943. The van der Waals surface area contributed by atoms with Crippen molar-refractivity contribution in [2.75, 3.05) is 18.4 Å². The van der Waals surface area contributed by atoms with E-state index in [1.165, 1.54) is 0 Å². The molecule has 0 radical (unpaired) electrons. The first-order valence-electron chi connectivity index (χ1n) is 7.79. The molecular weight excluding hydrogens is 349 g/mol. The lowest BCUT2D eigenvalue weighted by Crippen LogP contribution is -2.33. The lowest BCUT2D eigenvalue weighted by Gasteiger charge is -2.21. The SMILES string of the molecule is CCCN(CC(=O)Nc1ccc(Cl)cc1Cl)Cc1c(C)noc1C. The van der Waals surface area contributed by atoms with E-state index in [4.69, 9.17) is 27.7 Å². The third-order valence-corrected chi connectivity index (χ3v) is 4.22. The number of halogens is 2. The molecule has 1 aromatic heterocycles. The molecular formula is C17H21Cl2N3O2. The first-order valence-corrected chi connectivity index (χ1v) is 8.55. The number of hydrogen-bond acceptors (Lipinski definition) is 4. The molecule has 1 amide bonds. The van der Waals surface area contributed by atoms with Crippen molar-refractivity contribution >= 4 is 34.8 Å². The van der Waals surface area contributed by atoms with Crippen molar-refractivity contribution in [2.24, 2.45) is 0 Å². The predicted molar refractivity (Wildman–Crippen MR) is 96.6 cm³/mol. The Morgan fingerprint density at radius 3 is 2.67 bits per heavy atom. The van der Waals surface area contributed by atoms with E-state index in [0.717, 1.165) is 30.0 Å². The molecule has 5 nitrogen and oxygen atoms in total. The fourth-order valence-corrected chi connectivity index (χ4v) is 2.92. The number of nitrogens with zero attached hydrogens (tertiary/aromatic N) is 2. The third kappa shape index (κ3) is 4.97. The van der Waals surface area contributed by atoms with Crippen molar-refractivity contribution in [1.82, 2.24) is 10.1 Å². The zero-order valence-electron chi connectivity index (χ0n) is 14.0. The van der Waals surface area contributed by atoms with Crippen LogP contribution in [0.25, 0.3) is 0 Å². The molecule has 0 saturated carbocycles. The maximum absolute atomic E-state index is 12.3. The molecule has 0 atom stereocenters. The Labute approximate surface area is 151 Å². The number of benzene rings is 1. The Morgan fingerprint density at radius 2 is 2.08 bits per heavy atom. The standard InChI is InChI=1S/C17H21Cl2N3O2/c1-4-7-22(9-14-11(2)21-24-12(14)3)10-17(23)20-16-6-5-13(18)8-15(16)19/h5-6,8H,4,7,9-10H2,1-3H3,(H,20,23). The second kappa shape index (κ2) is 8.51. The number of carbonyl (C=O) groups excluding carboxylic acids is 1. The molecule has 0 bridgehead atoms. The maximum Gasteiger partial charge on any atom is 0.238 e. The Balaban J connectivity index is 2.03. The molecule has 0 unspecified atom stereocenters. The van der Waals surface area contributed by atoms with E-state index >= 15 is 0 Å². The second-order valence-electron chi connectivity index (χ2n) is 5.69. The zero-order valence-corrected chi connectivity index (χ0v) is 15.5. The van der Waals surface area contributed by atoms with Gasteiger partial charge in [-0.2, -0.15) is 0 Å². The highest BCUT2D eigenvalue weighted by molar-refractivity contribution is 6.36. The summed E-state index contributed by atoms with van der Waals surface area (Å²) in [5, 5.41) is 7.74. The van der Waals surface area contributed by atoms with E-state index in [9.17, 15) is 4.79 Å². The fourth-order valence-electron chi connectivity index (χ4n) is 2.47. The largest absolute Gasteiger partial charge is 0.361 e. The smallest absolute Gasteiger partial charge is 0.238 e. The highest BCUT2D eigenvalue weighted by atomic mass is 35.5. The van der Waals surface area contributed by atoms with E-state index in [1.807, 2.05) is 13.8 Å². The van der Waals surface area contributed by atoms with Gasteiger partial charge in [0, 0.05) is 17.1 Å². The number of anilines is 1. The Morgan fingerprint density at radius 1 is 1.33 bits per heavy atom. The first kappa shape index (κ1) is 18.8. The maximum atomic E-state index is 12.3. The minimum atomic E-state index is -0.126. The molecule has 24 heavy (non-hydrogen) atoms. The molecule has 7 heteroatoms. The van der Waals surface area contributed by atoms with Crippen LogP contribution in [0, 0.1) is 13.8 Å². The molecule has 2 aromatic rings. The van der Waals surface area contributed by atoms with Crippen LogP contribution >= 0.6 is 23.2 Å². The molecule has 1 N–H and O–H groups in total. The number of carbonyl (C=O) groups is 1. The van der Waals surface area contributed by atoms with Crippen LogP contribution in [0.1, 0.15) is 30.4 Å². The molecule has 0 aliphatic carbocycles. The topological polar surface area (TPSA) is 58.4 Å². The summed E-state index contributed by atoms with van der Waals surface area (Å²) in [4.78, 5) is 14.4. The predicted octanol–water partition coefficient (Wildman–Crippen LogP) is 4.45. The van der Waals surface area contributed by atoms with E-state index in [0.29, 0.717) is 22.3 Å². The van der Waals surface area contributed by atoms with Crippen LogP contribution in [0.15, 0.2) is 22.7 Å². The quantitative estimate of drug-likeness (QED) is 0.782. The highest BCUT2D eigenvalue weighted by Gasteiger charge is 2.16. The monoisotopic (exact) mass is 369 g/mol. The normalized spacial score (nSPS) is 11.1. The van der Waals surface area contributed by atoms with Crippen molar-refractivity contribution in [3.05, 3.63) is 45.3 Å². The molecule has 0 spiro atoms. The summed E-state index contributed by atoms with van der Waals surface area (Å²) in [5.41, 5.74) is 2.44. The van der Waals surface area contributed by atoms with Gasteiger partial charge in [0.05, 0.1) is 22.9 Å². The van der Waals surface area contributed by atoms with Crippen LogP contribution in [0.4, 0.5) is 5.69 Å². The molecule has 130 valence electrons. The van der Waals surface area contributed by atoms with E-state index < -0.39 is 0 Å². The lowest BCUT2D eigenvalue weighted by atomic mass is 10.2. The summed E-state index contributed by atoms with van der Waals surface area (Å²) in [7, 11) is 0. The summed E-state index contributed by atoms with van der Waals surface area (Å²) in [5.74, 6) is 0.661. The van der Waals surface area contributed by atoms with Crippen molar-refractivity contribution in [3.8, 4) is 0 Å². The van der Waals surface area contributed by atoms with Gasteiger partial charge >= 0.3 is 0 Å². The van der Waals surface area contributed by atoms with Gasteiger partial charge in [-0.3, -0.25) is 9.69 Å². The Bertz CT molecular complexity index is 696. The van der Waals surface area contributed by atoms with Crippen LogP contribution in [0.5, 0.6) is 0 Å². The number of aryl methyl sites for hydroxylation is 2. The van der Waals surface area contributed by atoms with Gasteiger partial charge in [-0.05, 0) is 45.0 Å². The van der Waals surface area contributed by atoms with E-state index in [-0.39, 0.29) is 12.5 Å². The molecule has 2 rings (SSSR count). The number of rotatable bonds is 7. The van der Waals surface area contributed by atoms with Gasteiger partial charge in [0.15, 0.2) is 0 Å². The van der Waals surface area contributed by atoms with Crippen LogP contribution < -0.4 is 5.32 Å². The lowest BCUT2D eigenvalue weighted by molar-refractivity contribution is -0.117. The van der Waals surface area contributed by atoms with Crippen molar-refractivity contribution in [3.63, 3.8) is 0 Å². The number of aromatic nitrogens is 1. The summed E-state index contributed by atoms with van der Waals surface area (Å²) < 4.78 is 5.19.